The highest BCUT2D eigenvalue weighted by Crippen LogP contribution is 2.22. The molecule has 0 fully saturated rings. The Labute approximate surface area is 123 Å². The quantitative estimate of drug-likeness (QED) is 0.859. The lowest BCUT2D eigenvalue weighted by molar-refractivity contribution is -0.140. The predicted molar refractivity (Wildman–Crippen MR) is 76.3 cm³/mol. The van der Waals surface area contributed by atoms with Gasteiger partial charge in [-0.25, -0.2) is 0 Å². The molecular weight excluding hydrogens is 274 g/mol. The SMILES string of the molecule is CC(C)(C)c1ccc(C(=O)N(CC(=O)O)CC(=O)O)cc1. The molecule has 0 spiro atoms. The van der Waals surface area contributed by atoms with E-state index in [4.69, 9.17) is 10.2 Å². The summed E-state index contributed by atoms with van der Waals surface area (Å²) >= 11 is 0. The maximum atomic E-state index is 12.2. The van der Waals surface area contributed by atoms with Crippen molar-refractivity contribution in [2.24, 2.45) is 0 Å². The summed E-state index contributed by atoms with van der Waals surface area (Å²) in [5.41, 5.74) is 1.23. The van der Waals surface area contributed by atoms with Crippen molar-refractivity contribution in [3.63, 3.8) is 0 Å². The van der Waals surface area contributed by atoms with Gasteiger partial charge < -0.3 is 15.1 Å². The molecule has 0 saturated heterocycles. The van der Waals surface area contributed by atoms with Crippen LogP contribution in [0.3, 0.4) is 0 Å². The highest BCUT2D eigenvalue weighted by molar-refractivity contribution is 5.97. The molecule has 6 heteroatoms. The van der Waals surface area contributed by atoms with E-state index < -0.39 is 30.9 Å². The van der Waals surface area contributed by atoms with Gasteiger partial charge in [0, 0.05) is 5.56 Å². The average molecular weight is 293 g/mol. The van der Waals surface area contributed by atoms with E-state index in [1.807, 2.05) is 20.8 Å². The van der Waals surface area contributed by atoms with Gasteiger partial charge in [0.2, 0.25) is 0 Å². The van der Waals surface area contributed by atoms with Gasteiger partial charge in [0.1, 0.15) is 13.1 Å². The normalized spacial score (nSPS) is 11.0. The minimum absolute atomic E-state index is 0.0661. The van der Waals surface area contributed by atoms with Gasteiger partial charge in [-0.05, 0) is 23.1 Å². The average Bonchev–Trinajstić information content (AvgIpc) is 2.35. The Morgan fingerprint density at radius 2 is 1.38 bits per heavy atom. The molecule has 1 rings (SSSR count). The van der Waals surface area contributed by atoms with Gasteiger partial charge in [-0.15, -0.1) is 0 Å². The monoisotopic (exact) mass is 293 g/mol. The minimum atomic E-state index is -1.25. The van der Waals surface area contributed by atoms with Crippen molar-refractivity contribution in [1.29, 1.82) is 0 Å². The maximum Gasteiger partial charge on any atom is 0.323 e. The molecule has 0 unspecified atom stereocenters. The molecule has 21 heavy (non-hydrogen) atoms. The molecular formula is C15H19NO5. The molecule has 0 aliphatic heterocycles. The van der Waals surface area contributed by atoms with Gasteiger partial charge in [0.15, 0.2) is 0 Å². The van der Waals surface area contributed by atoms with Crippen molar-refractivity contribution in [2.75, 3.05) is 13.1 Å². The third kappa shape index (κ3) is 4.91. The second-order valence-electron chi connectivity index (χ2n) is 5.78. The number of carbonyl (C=O) groups is 3. The molecule has 1 aromatic carbocycles. The molecule has 0 aliphatic carbocycles. The van der Waals surface area contributed by atoms with Crippen LogP contribution in [0.5, 0.6) is 0 Å². The van der Waals surface area contributed by atoms with Crippen molar-refractivity contribution in [3.05, 3.63) is 35.4 Å². The first-order valence-electron chi connectivity index (χ1n) is 6.44. The second-order valence-corrected chi connectivity index (χ2v) is 5.78. The van der Waals surface area contributed by atoms with E-state index in [-0.39, 0.29) is 11.0 Å². The van der Waals surface area contributed by atoms with Gasteiger partial charge >= 0.3 is 11.9 Å². The van der Waals surface area contributed by atoms with Gasteiger partial charge in [-0.1, -0.05) is 32.9 Å². The van der Waals surface area contributed by atoms with E-state index in [9.17, 15) is 14.4 Å². The Morgan fingerprint density at radius 3 is 1.71 bits per heavy atom. The van der Waals surface area contributed by atoms with Crippen LogP contribution < -0.4 is 0 Å². The minimum Gasteiger partial charge on any atom is -0.480 e. The van der Waals surface area contributed by atoms with Crippen LogP contribution in [0.4, 0.5) is 0 Å². The van der Waals surface area contributed by atoms with E-state index in [1.54, 1.807) is 24.3 Å². The van der Waals surface area contributed by atoms with Gasteiger partial charge in [-0.2, -0.15) is 0 Å². The number of rotatable bonds is 5. The summed E-state index contributed by atoms with van der Waals surface area (Å²) in [4.78, 5) is 34.4. The van der Waals surface area contributed by atoms with Crippen LogP contribution in [0, 0.1) is 0 Å². The fourth-order valence-electron chi connectivity index (χ4n) is 1.82. The van der Waals surface area contributed by atoms with Crippen molar-refractivity contribution in [2.45, 2.75) is 26.2 Å². The fourth-order valence-corrected chi connectivity index (χ4v) is 1.82. The summed E-state index contributed by atoms with van der Waals surface area (Å²) in [7, 11) is 0. The Bertz CT molecular complexity index is 526. The third-order valence-corrected chi connectivity index (χ3v) is 2.94. The molecule has 1 aromatic rings. The fraction of sp³-hybridized carbons (Fsp3) is 0.400. The molecule has 0 aliphatic rings. The van der Waals surface area contributed by atoms with Crippen molar-refractivity contribution < 1.29 is 24.6 Å². The van der Waals surface area contributed by atoms with E-state index in [2.05, 4.69) is 0 Å². The van der Waals surface area contributed by atoms with Crippen LogP contribution in [-0.4, -0.2) is 46.0 Å². The van der Waals surface area contributed by atoms with Gasteiger partial charge in [0.25, 0.3) is 5.91 Å². The number of carboxylic acids is 2. The summed E-state index contributed by atoms with van der Waals surface area (Å²) in [5, 5.41) is 17.5. The first kappa shape index (κ1) is 16.7. The summed E-state index contributed by atoms with van der Waals surface area (Å²) in [6, 6.07) is 6.74. The van der Waals surface area contributed by atoms with Crippen LogP contribution in [-0.2, 0) is 15.0 Å². The van der Waals surface area contributed by atoms with Crippen LogP contribution in [0.2, 0.25) is 0 Å². The lowest BCUT2D eigenvalue weighted by atomic mass is 9.86. The topological polar surface area (TPSA) is 94.9 Å². The summed E-state index contributed by atoms with van der Waals surface area (Å²) in [5.74, 6) is -3.12. The van der Waals surface area contributed by atoms with Crippen LogP contribution in [0.1, 0.15) is 36.7 Å². The van der Waals surface area contributed by atoms with Crippen LogP contribution >= 0.6 is 0 Å². The van der Waals surface area contributed by atoms with E-state index in [1.165, 1.54) is 0 Å². The zero-order valence-electron chi connectivity index (χ0n) is 12.3. The van der Waals surface area contributed by atoms with E-state index in [0.717, 1.165) is 10.5 Å². The number of amides is 1. The van der Waals surface area contributed by atoms with E-state index >= 15 is 0 Å². The lowest BCUT2D eigenvalue weighted by Gasteiger charge is -2.21. The number of nitrogens with zero attached hydrogens (tertiary/aromatic N) is 1. The van der Waals surface area contributed by atoms with Crippen molar-refractivity contribution in [1.82, 2.24) is 4.90 Å². The molecule has 6 nitrogen and oxygen atoms in total. The number of carboxylic acid groups (broad SMARTS) is 2. The largest absolute Gasteiger partial charge is 0.480 e. The molecule has 0 radical (unpaired) electrons. The third-order valence-electron chi connectivity index (χ3n) is 2.94. The van der Waals surface area contributed by atoms with Crippen molar-refractivity contribution >= 4 is 17.8 Å². The van der Waals surface area contributed by atoms with Crippen molar-refractivity contribution in [3.8, 4) is 0 Å². The highest BCUT2D eigenvalue weighted by atomic mass is 16.4. The smallest absolute Gasteiger partial charge is 0.323 e. The Morgan fingerprint density at radius 1 is 0.952 bits per heavy atom. The maximum absolute atomic E-state index is 12.2. The second kappa shape index (κ2) is 6.39. The molecule has 1 amide bonds. The first-order valence-corrected chi connectivity index (χ1v) is 6.44. The van der Waals surface area contributed by atoms with Crippen LogP contribution in [0.15, 0.2) is 24.3 Å². The predicted octanol–water partition coefficient (Wildman–Crippen LogP) is 1.60. The molecule has 2 N–H and O–H groups in total. The molecule has 0 bridgehead atoms. The van der Waals surface area contributed by atoms with E-state index in [0.29, 0.717) is 0 Å². The molecule has 0 saturated carbocycles. The zero-order chi connectivity index (χ0) is 16.2. The van der Waals surface area contributed by atoms with Crippen LogP contribution in [0.25, 0.3) is 0 Å². The molecule has 0 heterocycles. The number of carbonyl (C=O) groups excluding carboxylic acids is 1. The molecule has 0 atom stereocenters. The van der Waals surface area contributed by atoms with Gasteiger partial charge in [-0.3, -0.25) is 14.4 Å². The lowest BCUT2D eigenvalue weighted by Crippen LogP contribution is -2.39. The zero-order valence-corrected chi connectivity index (χ0v) is 12.3. The Hall–Kier alpha value is -2.37. The summed E-state index contributed by atoms with van der Waals surface area (Å²) in [6.07, 6.45) is 0. The molecule has 114 valence electrons. The summed E-state index contributed by atoms with van der Waals surface area (Å²) in [6.45, 7) is 4.80. The standard InChI is InChI=1S/C15H19NO5/c1-15(2,3)11-6-4-10(5-7-11)14(21)16(8-12(17)18)9-13(19)20/h4-7H,8-9H2,1-3H3,(H,17,18)(H,19,20). The Balaban J connectivity index is 2.98. The number of benzene rings is 1. The Kier molecular flexibility index (Phi) is 5.07. The number of aliphatic carboxylic acids is 2. The van der Waals surface area contributed by atoms with Gasteiger partial charge in [0.05, 0.1) is 0 Å². The summed E-state index contributed by atoms with van der Waals surface area (Å²) < 4.78 is 0. The first-order chi connectivity index (χ1) is 9.61. The molecule has 0 aromatic heterocycles. The highest BCUT2D eigenvalue weighted by Gasteiger charge is 2.21. The number of hydrogen-bond donors (Lipinski definition) is 2. The number of hydrogen-bond acceptors (Lipinski definition) is 3.